The van der Waals surface area contributed by atoms with Crippen molar-refractivity contribution >= 4 is 23.2 Å². The van der Waals surface area contributed by atoms with E-state index in [9.17, 15) is 14.9 Å². The highest BCUT2D eigenvalue weighted by Gasteiger charge is 2.29. The number of hydrogen-bond donors (Lipinski definition) is 0. The molecule has 1 aliphatic heterocycles. The molecule has 0 radical (unpaired) electrons. The van der Waals surface area contributed by atoms with Crippen LogP contribution in [0.2, 0.25) is 5.15 Å². The van der Waals surface area contributed by atoms with Crippen molar-refractivity contribution in [1.29, 1.82) is 0 Å². The topological polar surface area (TPSA) is 85.6 Å². The Morgan fingerprint density at radius 1 is 1.70 bits per heavy atom. The maximum absolute atomic E-state index is 12.5. The molecule has 108 valence electrons. The van der Waals surface area contributed by atoms with Crippen LogP contribution in [0.4, 0.5) is 5.69 Å². The first-order valence-electron chi connectivity index (χ1n) is 6.23. The van der Waals surface area contributed by atoms with E-state index in [0.717, 1.165) is 12.6 Å². The Morgan fingerprint density at radius 3 is 3.10 bits per heavy atom. The van der Waals surface area contributed by atoms with Crippen LogP contribution in [0, 0.1) is 10.1 Å². The van der Waals surface area contributed by atoms with Crippen molar-refractivity contribution in [2.45, 2.75) is 19.4 Å². The highest BCUT2D eigenvalue weighted by Crippen LogP contribution is 2.23. The largest absolute Gasteiger partial charge is 0.377 e. The number of rotatable bonds is 3. The molecule has 0 N–H and O–H groups in total. The molecule has 8 heteroatoms. The van der Waals surface area contributed by atoms with Crippen LogP contribution in [0.1, 0.15) is 23.7 Å². The second kappa shape index (κ2) is 6.15. The SMILES string of the molecule is CCC1COCCN1C(=O)c1cc([N+](=O)[O-])cnc1Cl. The molecule has 0 bridgehead atoms. The summed E-state index contributed by atoms with van der Waals surface area (Å²) in [6, 6.07) is 1.12. The molecule has 1 atom stereocenters. The van der Waals surface area contributed by atoms with Crippen molar-refractivity contribution in [1.82, 2.24) is 9.88 Å². The molecule has 2 heterocycles. The fraction of sp³-hybridized carbons (Fsp3) is 0.500. The zero-order valence-corrected chi connectivity index (χ0v) is 11.7. The fourth-order valence-electron chi connectivity index (χ4n) is 2.10. The smallest absolute Gasteiger partial charge is 0.288 e. The van der Waals surface area contributed by atoms with Crippen LogP contribution in [-0.2, 0) is 4.74 Å². The van der Waals surface area contributed by atoms with Crippen molar-refractivity contribution in [2.75, 3.05) is 19.8 Å². The zero-order valence-electron chi connectivity index (χ0n) is 10.9. The number of nitrogens with zero attached hydrogens (tertiary/aromatic N) is 3. The van der Waals surface area contributed by atoms with Gasteiger partial charge >= 0.3 is 0 Å². The molecule has 1 amide bonds. The Bertz CT molecular complexity index is 537. The van der Waals surface area contributed by atoms with Gasteiger partial charge in [0.2, 0.25) is 0 Å². The van der Waals surface area contributed by atoms with Crippen molar-refractivity contribution in [2.24, 2.45) is 0 Å². The van der Waals surface area contributed by atoms with Crippen LogP contribution in [-0.4, -0.2) is 46.5 Å². The third-order valence-electron chi connectivity index (χ3n) is 3.23. The lowest BCUT2D eigenvalue weighted by molar-refractivity contribution is -0.385. The van der Waals surface area contributed by atoms with E-state index in [4.69, 9.17) is 16.3 Å². The van der Waals surface area contributed by atoms with Crippen LogP contribution in [0.15, 0.2) is 12.3 Å². The highest BCUT2D eigenvalue weighted by atomic mass is 35.5. The Morgan fingerprint density at radius 2 is 2.45 bits per heavy atom. The summed E-state index contributed by atoms with van der Waals surface area (Å²) in [6.07, 6.45) is 1.78. The van der Waals surface area contributed by atoms with E-state index >= 15 is 0 Å². The molecule has 1 aromatic rings. The Labute approximate surface area is 120 Å². The summed E-state index contributed by atoms with van der Waals surface area (Å²) in [6.45, 7) is 3.30. The molecule has 1 aliphatic rings. The number of amides is 1. The van der Waals surface area contributed by atoms with Gasteiger partial charge in [0.25, 0.3) is 11.6 Å². The predicted octanol–water partition coefficient (Wildman–Crippen LogP) is 1.89. The molecule has 0 aliphatic carbocycles. The van der Waals surface area contributed by atoms with E-state index in [1.54, 1.807) is 4.90 Å². The van der Waals surface area contributed by atoms with Gasteiger partial charge in [0.15, 0.2) is 0 Å². The quantitative estimate of drug-likeness (QED) is 0.483. The first-order chi connectivity index (χ1) is 9.54. The standard InChI is InChI=1S/C12H14ClN3O4/c1-2-8-7-20-4-3-15(8)12(17)10-5-9(16(18)19)6-14-11(10)13/h5-6,8H,2-4,7H2,1H3. The average Bonchev–Trinajstić information content (AvgIpc) is 2.46. The lowest BCUT2D eigenvalue weighted by atomic mass is 10.1. The molecule has 7 nitrogen and oxygen atoms in total. The molecule has 1 saturated heterocycles. The van der Waals surface area contributed by atoms with Gasteiger partial charge in [0.1, 0.15) is 11.3 Å². The molecule has 0 aromatic carbocycles. The van der Waals surface area contributed by atoms with Gasteiger partial charge in [0, 0.05) is 12.6 Å². The van der Waals surface area contributed by atoms with Gasteiger partial charge in [-0.3, -0.25) is 14.9 Å². The molecule has 1 fully saturated rings. The number of carbonyl (C=O) groups is 1. The summed E-state index contributed by atoms with van der Waals surface area (Å²) in [5.74, 6) is -0.346. The third-order valence-corrected chi connectivity index (χ3v) is 3.53. The summed E-state index contributed by atoms with van der Waals surface area (Å²) < 4.78 is 5.33. The number of pyridine rings is 1. The lowest BCUT2D eigenvalue weighted by Gasteiger charge is -2.35. The molecular formula is C12H14ClN3O4. The minimum absolute atomic E-state index is 0.0260. The number of ether oxygens (including phenoxy) is 1. The molecule has 1 aromatic heterocycles. The second-order valence-corrected chi connectivity index (χ2v) is 4.78. The van der Waals surface area contributed by atoms with Gasteiger partial charge < -0.3 is 9.64 Å². The van der Waals surface area contributed by atoms with Crippen LogP contribution >= 0.6 is 11.6 Å². The monoisotopic (exact) mass is 299 g/mol. The second-order valence-electron chi connectivity index (χ2n) is 4.42. The number of morpholine rings is 1. The molecule has 2 rings (SSSR count). The normalized spacial score (nSPS) is 18.9. The van der Waals surface area contributed by atoms with Gasteiger partial charge in [-0.25, -0.2) is 4.98 Å². The minimum atomic E-state index is -0.600. The number of hydrogen-bond acceptors (Lipinski definition) is 5. The first-order valence-corrected chi connectivity index (χ1v) is 6.61. The summed E-state index contributed by atoms with van der Waals surface area (Å²) in [4.78, 5) is 28.0. The zero-order chi connectivity index (χ0) is 14.7. The predicted molar refractivity (Wildman–Crippen MR) is 71.8 cm³/mol. The van der Waals surface area contributed by atoms with Crippen LogP contribution in [0.5, 0.6) is 0 Å². The van der Waals surface area contributed by atoms with Gasteiger partial charge in [-0.05, 0) is 6.42 Å². The summed E-state index contributed by atoms with van der Waals surface area (Å²) in [5, 5.41) is 10.7. The number of halogens is 1. The van der Waals surface area contributed by atoms with E-state index in [2.05, 4.69) is 4.98 Å². The van der Waals surface area contributed by atoms with Crippen molar-refractivity contribution in [3.8, 4) is 0 Å². The van der Waals surface area contributed by atoms with Crippen molar-refractivity contribution < 1.29 is 14.5 Å². The van der Waals surface area contributed by atoms with Gasteiger partial charge in [-0.1, -0.05) is 18.5 Å². The van der Waals surface area contributed by atoms with E-state index < -0.39 is 4.92 Å². The number of nitro groups is 1. The van der Waals surface area contributed by atoms with Crippen LogP contribution in [0.25, 0.3) is 0 Å². The molecule has 0 spiro atoms. The first kappa shape index (κ1) is 14.7. The van der Waals surface area contributed by atoms with Crippen molar-refractivity contribution in [3.05, 3.63) is 33.1 Å². The number of aromatic nitrogens is 1. The third kappa shape index (κ3) is 2.88. The van der Waals surface area contributed by atoms with E-state index in [-0.39, 0.29) is 28.4 Å². The lowest BCUT2D eigenvalue weighted by Crippen LogP contribution is -2.48. The van der Waals surface area contributed by atoms with Gasteiger partial charge in [0.05, 0.1) is 29.7 Å². The molecule has 0 saturated carbocycles. The molecule has 20 heavy (non-hydrogen) atoms. The maximum Gasteiger partial charge on any atom is 0.288 e. The fourth-order valence-corrected chi connectivity index (χ4v) is 2.29. The van der Waals surface area contributed by atoms with Gasteiger partial charge in [-0.15, -0.1) is 0 Å². The number of carbonyl (C=O) groups excluding carboxylic acids is 1. The maximum atomic E-state index is 12.5. The van der Waals surface area contributed by atoms with E-state index in [0.29, 0.717) is 19.8 Å². The Kier molecular flexibility index (Phi) is 4.51. The summed E-state index contributed by atoms with van der Waals surface area (Å²) in [7, 11) is 0. The molecular weight excluding hydrogens is 286 g/mol. The molecule has 1 unspecified atom stereocenters. The van der Waals surface area contributed by atoms with Crippen LogP contribution in [0.3, 0.4) is 0 Å². The van der Waals surface area contributed by atoms with E-state index in [1.165, 1.54) is 6.07 Å². The summed E-state index contributed by atoms with van der Waals surface area (Å²) >= 11 is 5.89. The highest BCUT2D eigenvalue weighted by molar-refractivity contribution is 6.32. The Hall–Kier alpha value is -1.73. The Balaban J connectivity index is 2.32. The minimum Gasteiger partial charge on any atom is -0.377 e. The average molecular weight is 300 g/mol. The summed E-state index contributed by atoms with van der Waals surface area (Å²) in [5.41, 5.74) is -0.194. The van der Waals surface area contributed by atoms with Crippen molar-refractivity contribution in [3.63, 3.8) is 0 Å². The van der Waals surface area contributed by atoms with Crippen LogP contribution < -0.4 is 0 Å². The van der Waals surface area contributed by atoms with Gasteiger partial charge in [-0.2, -0.15) is 0 Å². The van der Waals surface area contributed by atoms with E-state index in [1.807, 2.05) is 6.92 Å².